The summed E-state index contributed by atoms with van der Waals surface area (Å²) in [5, 5.41) is 0. The van der Waals surface area contributed by atoms with Gasteiger partial charge in [0, 0.05) is 18.8 Å². The van der Waals surface area contributed by atoms with Crippen LogP contribution in [0.3, 0.4) is 0 Å². The number of aryl methyl sites for hydroxylation is 1. The van der Waals surface area contributed by atoms with Crippen LogP contribution in [0.4, 0.5) is 21.5 Å². The highest BCUT2D eigenvalue weighted by Gasteiger charge is 2.11. The van der Waals surface area contributed by atoms with E-state index >= 15 is 0 Å². The lowest BCUT2D eigenvalue weighted by molar-refractivity contribution is 0.622. The minimum atomic E-state index is -0.353. The minimum absolute atomic E-state index is 0.353. The van der Waals surface area contributed by atoms with E-state index in [1.165, 1.54) is 11.6 Å². The van der Waals surface area contributed by atoms with Crippen LogP contribution >= 0.6 is 15.9 Å². The Balaban J connectivity index is 2.46. The van der Waals surface area contributed by atoms with Crippen LogP contribution in [0.2, 0.25) is 0 Å². The van der Waals surface area contributed by atoms with Gasteiger partial charge in [0.25, 0.3) is 0 Å². The van der Waals surface area contributed by atoms with E-state index in [0.717, 1.165) is 11.4 Å². The van der Waals surface area contributed by atoms with Crippen LogP contribution in [0, 0.1) is 12.7 Å². The van der Waals surface area contributed by atoms with Crippen LogP contribution in [0.25, 0.3) is 0 Å². The Labute approximate surface area is 114 Å². The Kier molecular flexibility index (Phi) is 3.57. The maximum Gasteiger partial charge on any atom is 0.139 e. The third kappa shape index (κ3) is 2.48. The van der Waals surface area contributed by atoms with Gasteiger partial charge in [-0.1, -0.05) is 12.1 Å². The largest absolute Gasteiger partial charge is 0.397 e. The third-order valence-corrected chi connectivity index (χ3v) is 3.43. The molecule has 18 heavy (non-hydrogen) atoms. The Morgan fingerprint density at radius 2 is 1.94 bits per heavy atom. The van der Waals surface area contributed by atoms with Crippen molar-refractivity contribution in [3.8, 4) is 0 Å². The highest BCUT2D eigenvalue weighted by Crippen LogP contribution is 2.33. The summed E-state index contributed by atoms with van der Waals surface area (Å²) in [6.45, 7) is 2.03. The quantitative estimate of drug-likeness (QED) is 0.841. The van der Waals surface area contributed by atoms with Crippen molar-refractivity contribution in [2.24, 2.45) is 0 Å². The number of halogens is 2. The number of rotatable bonds is 2. The molecule has 0 atom stereocenters. The fraction of sp³-hybridized carbons (Fsp3) is 0.143. The first-order chi connectivity index (χ1) is 8.49. The lowest BCUT2D eigenvalue weighted by atomic mass is 10.2. The highest BCUT2D eigenvalue weighted by molar-refractivity contribution is 9.10. The average Bonchev–Trinajstić information content (AvgIpc) is 2.33. The predicted octanol–water partition coefficient (Wildman–Crippen LogP) is 4.25. The molecule has 0 aliphatic carbocycles. The van der Waals surface area contributed by atoms with Crippen molar-refractivity contribution in [3.05, 3.63) is 52.3 Å². The van der Waals surface area contributed by atoms with E-state index in [4.69, 9.17) is 5.73 Å². The molecule has 0 saturated carbocycles. The molecule has 0 heterocycles. The summed E-state index contributed by atoms with van der Waals surface area (Å²) in [4.78, 5) is 1.94. The summed E-state index contributed by atoms with van der Waals surface area (Å²) in [7, 11) is 1.91. The first kappa shape index (κ1) is 12.9. The van der Waals surface area contributed by atoms with E-state index in [-0.39, 0.29) is 5.82 Å². The fourth-order valence-corrected chi connectivity index (χ4v) is 2.15. The summed E-state index contributed by atoms with van der Waals surface area (Å²) in [5.74, 6) is -0.353. The maximum absolute atomic E-state index is 13.3. The second kappa shape index (κ2) is 4.98. The third-order valence-electron chi connectivity index (χ3n) is 2.82. The van der Waals surface area contributed by atoms with Gasteiger partial charge in [0.1, 0.15) is 5.82 Å². The molecule has 0 radical (unpaired) electrons. The molecule has 0 amide bonds. The van der Waals surface area contributed by atoms with Crippen LogP contribution in [0.1, 0.15) is 5.56 Å². The van der Waals surface area contributed by atoms with Gasteiger partial charge < -0.3 is 10.6 Å². The smallest absolute Gasteiger partial charge is 0.139 e. The van der Waals surface area contributed by atoms with E-state index in [1.807, 2.05) is 37.1 Å². The first-order valence-corrected chi connectivity index (χ1v) is 6.33. The molecule has 0 spiro atoms. The zero-order valence-corrected chi connectivity index (χ0v) is 11.8. The van der Waals surface area contributed by atoms with Crippen molar-refractivity contribution >= 4 is 33.0 Å². The highest BCUT2D eigenvalue weighted by atomic mass is 79.9. The van der Waals surface area contributed by atoms with Gasteiger partial charge in [-0.25, -0.2) is 4.39 Å². The molecule has 2 N–H and O–H groups in total. The molecule has 0 bridgehead atoms. The van der Waals surface area contributed by atoms with Crippen LogP contribution in [-0.4, -0.2) is 7.05 Å². The molecular weight excluding hydrogens is 295 g/mol. The van der Waals surface area contributed by atoms with E-state index in [2.05, 4.69) is 22.0 Å². The summed E-state index contributed by atoms with van der Waals surface area (Å²) < 4.78 is 13.8. The van der Waals surface area contributed by atoms with Gasteiger partial charge >= 0.3 is 0 Å². The van der Waals surface area contributed by atoms with Gasteiger partial charge in [0.2, 0.25) is 0 Å². The molecule has 2 aromatic carbocycles. The Bertz CT molecular complexity index is 584. The summed E-state index contributed by atoms with van der Waals surface area (Å²) in [6.07, 6.45) is 0. The van der Waals surface area contributed by atoms with Gasteiger partial charge in [-0.2, -0.15) is 0 Å². The van der Waals surface area contributed by atoms with E-state index in [1.54, 1.807) is 6.07 Å². The van der Waals surface area contributed by atoms with E-state index in [9.17, 15) is 4.39 Å². The van der Waals surface area contributed by atoms with Gasteiger partial charge in [0.05, 0.1) is 15.8 Å². The van der Waals surface area contributed by atoms with Crippen molar-refractivity contribution in [1.29, 1.82) is 0 Å². The molecule has 0 unspecified atom stereocenters. The number of nitrogens with two attached hydrogens (primary N) is 1. The van der Waals surface area contributed by atoms with Crippen molar-refractivity contribution < 1.29 is 4.39 Å². The first-order valence-electron chi connectivity index (χ1n) is 5.54. The fourth-order valence-electron chi connectivity index (χ4n) is 1.82. The van der Waals surface area contributed by atoms with Crippen LogP contribution < -0.4 is 10.6 Å². The number of nitrogen functional groups attached to an aromatic ring is 1. The van der Waals surface area contributed by atoms with Gasteiger partial charge in [0.15, 0.2) is 0 Å². The zero-order chi connectivity index (χ0) is 13.3. The number of hydrogen-bond acceptors (Lipinski definition) is 2. The normalized spacial score (nSPS) is 10.4. The zero-order valence-electron chi connectivity index (χ0n) is 10.2. The van der Waals surface area contributed by atoms with Crippen molar-refractivity contribution in [2.45, 2.75) is 6.92 Å². The van der Waals surface area contributed by atoms with Crippen molar-refractivity contribution in [1.82, 2.24) is 0 Å². The van der Waals surface area contributed by atoms with E-state index < -0.39 is 0 Å². The molecule has 94 valence electrons. The van der Waals surface area contributed by atoms with E-state index in [0.29, 0.717) is 10.2 Å². The minimum Gasteiger partial charge on any atom is -0.397 e. The van der Waals surface area contributed by atoms with Crippen LogP contribution in [0.15, 0.2) is 40.9 Å². The SMILES string of the molecule is Cc1cccc(N(C)c2cc(Br)c(F)cc2N)c1. The molecule has 0 saturated heterocycles. The molecule has 0 aliphatic rings. The Hall–Kier alpha value is -1.55. The van der Waals surface area contributed by atoms with Gasteiger partial charge in [-0.05, 0) is 46.6 Å². The molecular formula is C14H14BrFN2. The van der Waals surface area contributed by atoms with Crippen LogP contribution in [0.5, 0.6) is 0 Å². The molecule has 0 aromatic heterocycles. The Morgan fingerprint density at radius 1 is 1.22 bits per heavy atom. The topological polar surface area (TPSA) is 29.3 Å². The predicted molar refractivity (Wildman–Crippen MR) is 77.8 cm³/mol. The Morgan fingerprint density at radius 3 is 2.61 bits per heavy atom. The van der Waals surface area contributed by atoms with Crippen molar-refractivity contribution in [3.63, 3.8) is 0 Å². The van der Waals surface area contributed by atoms with Gasteiger partial charge in [-0.3, -0.25) is 0 Å². The lowest BCUT2D eigenvalue weighted by Gasteiger charge is -2.22. The second-order valence-electron chi connectivity index (χ2n) is 4.22. The number of nitrogens with zero attached hydrogens (tertiary/aromatic N) is 1. The second-order valence-corrected chi connectivity index (χ2v) is 5.08. The molecule has 0 fully saturated rings. The molecule has 2 aromatic rings. The maximum atomic E-state index is 13.3. The monoisotopic (exact) mass is 308 g/mol. The average molecular weight is 309 g/mol. The van der Waals surface area contributed by atoms with Crippen molar-refractivity contribution in [2.75, 3.05) is 17.7 Å². The molecule has 2 rings (SSSR count). The lowest BCUT2D eigenvalue weighted by Crippen LogP contribution is -2.12. The molecule has 2 nitrogen and oxygen atoms in total. The standard InChI is InChI=1S/C14H14BrFN2/c1-9-4-3-5-10(6-9)18(2)14-7-11(15)12(16)8-13(14)17/h3-8H,17H2,1-2H3. The summed E-state index contributed by atoms with van der Waals surface area (Å²) >= 11 is 3.18. The van der Waals surface area contributed by atoms with Gasteiger partial charge in [-0.15, -0.1) is 0 Å². The number of benzene rings is 2. The molecule has 4 heteroatoms. The summed E-state index contributed by atoms with van der Waals surface area (Å²) in [6, 6.07) is 11.1. The number of anilines is 3. The summed E-state index contributed by atoms with van der Waals surface area (Å²) in [5.41, 5.74) is 9.23. The number of hydrogen-bond donors (Lipinski definition) is 1. The molecule has 0 aliphatic heterocycles. The van der Waals surface area contributed by atoms with Crippen LogP contribution in [-0.2, 0) is 0 Å².